The number of carbonyl (C=O) groups is 3. The lowest BCUT2D eigenvalue weighted by molar-refractivity contribution is -0.133. The topological polar surface area (TPSA) is 99.8 Å². The minimum absolute atomic E-state index is 0.195. The van der Waals surface area contributed by atoms with Gasteiger partial charge in [-0.3, -0.25) is 19.3 Å². The highest BCUT2D eigenvalue weighted by molar-refractivity contribution is 14.1. The standard InChI is InChI=1S/C29H39IN4O4/c1-29(2,3)33-28(37)25(21-9-11-23(30)12-10-21)24(13-14-31-26(35)22-7-5-4-6-8-22)27(36)32-15-16-34-17-19-38-20-18-34/h4-12,24-25H,13-20H2,1-3H3,(H,31,35)(H,32,36)(H,33,37). The van der Waals surface area contributed by atoms with Crippen LogP contribution in [0.3, 0.4) is 0 Å². The summed E-state index contributed by atoms with van der Waals surface area (Å²) in [6.45, 7) is 10.3. The molecule has 9 heteroatoms. The van der Waals surface area contributed by atoms with Crippen molar-refractivity contribution in [2.45, 2.75) is 38.6 Å². The summed E-state index contributed by atoms with van der Waals surface area (Å²) in [7, 11) is 0. The molecule has 1 fully saturated rings. The number of rotatable bonds is 11. The number of nitrogens with one attached hydrogen (secondary N) is 3. The molecule has 0 spiro atoms. The van der Waals surface area contributed by atoms with E-state index in [1.807, 2.05) is 63.2 Å². The van der Waals surface area contributed by atoms with Crippen LogP contribution in [0.15, 0.2) is 54.6 Å². The van der Waals surface area contributed by atoms with Crippen LogP contribution in [-0.4, -0.2) is 74.1 Å². The van der Waals surface area contributed by atoms with Gasteiger partial charge in [0, 0.05) is 47.4 Å². The van der Waals surface area contributed by atoms with Gasteiger partial charge in [0.25, 0.3) is 5.91 Å². The molecule has 38 heavy (non-hydrogen) atoms. The quantitative estimate of drug-likeness (QED) is 0.330. The van der Waals surface area contributed by atoms with E-state index in [1.54, 1.807) is 12.1 Å². The van der Waals surface area contributed by atoms with Crippen LogP contribution >= 0.6 is 22.6 Å². The molecule has 1 aliphatic heterocycles. The number of hydrogen-bond donors (Lipinski definition) is 3. The third kappa shape index (κ3) is 9.67. The van der Waals surface area contributed by atoms with Gasteiger partial charge in [0.2, 0.25) is 11.8 Å². The predicted octanol–water partition coefficient (Wildman–Crippen LogP) is 3.17. The number of ether oxygens (including phenoxy) is 1. The van der Waals surface area contributed by atoms with E-state index >= 15 is 0 Å². The number of amides is 3. The number of carbonyl (C=O) groups excluding carboxylic acids is 3. The van der Waals surface area contributed by atoms with Crippen LogP contribution in [0.25, 0.3) is 0 Å². The van der Waals surface area contributed by atoms with Gasteiger partial charge in [-0.15, -0.1) is 0 Å². The molecule has 1 heterocycles. The Bertz CT molecular complexity index is 1050. The van der Waals surface area contributed by atoms with Gasteiger partial charge in [-0.2, -0.15) is 0 Å². The van der Waals surface area contributed by atoms with Crippen molar-refractivity contribution < 1.29 is 19.1 Å². The molecule has 0 bridgehead atoms. The van der Waals surface area contributed by atoms with Gasteiger partial charge in [-0.05, 0) is 79.6 Å². The number of nitrogens with zero attached hydrogens (tertiary/aromatic N) is 1. The maximum atomic E-state index is 13.6. The van der Waals surface area contributed by atoms with Crippen molar-refractivity contribution in [1.82, 2.24) is 20.9 Å². The molecule has 2 aromatic rings. The molecule has 3 rings (SSSR count). The molecule has 206 valence electrons. The molecule has 2 unspecified atom stereocenters. The summed E-state index contributed by atoms with van der Waals surface area (Å²) >= 11 is 2.22. The largest absolute Gasteiger partial charge is 0.379 e. The van der Waals surface area contributed by atoms with E-state index < -0.39 is 17.4 Å². The van der Waals surface area contributed by atoms with Crippen LogP contribution in [-0.2, 0) is 14.3 Å². The Hall–Kier alpha value is -2.50. The number of morpholine rings is 1. The zero-order valence-corrected chi connectivity index (χ0v) is 24.6. The molecule has 0 saturated carbocycles. The van der Waals surface area contributed by atoms with E-state index in [2.05, 4.69) is 43.4 Å². The Morgan fingerprint density at radius 2 is 1.58 bits per heavy atom. The van der Waals surface area contributed by atoms with Crippen LogP contribution < -0.4 is 16.0 Å². The van der Waals surface area contributed by atoms with Gasteiger partial charge in [0.15, 0.2) is 0 Å². The van der Waals surface area contributed by atoms with Gasteiger partial charge < -0.3 is 20.7 Å². The van der Waals surface area contributed by atoms with Crippen molar-refractivity contribution >= 4 is 40.3 Å². The van der Waals surface area contributed by atoms with Gasteiger partial charge in [-0.1, -0.05) is 30.3 Å². The molecule has 8 nitrogen and oxygen atoms in total. The smallest absolute Gasteiger partial charge is 0.251 e. The van der Waals surface area contributed by atoms with E-state index in [0.717, 1.165) is 28.8 Å². The average Bonchev–Trinajstić information content (AvgIpc) is 2.89. The summed E-state index contributed by atoms with van der Waals surface area (Å²) in [5.74, 6) is -1.98. The molecule has 0 aromatic heterocycles. The van der Waals surface area contributed by atoms with E-state index in [1.165, 1.54) is 0 Å². The van der Waals surface area contributed by atoms with Gasteiger partial charge in [0.05, 0.1) is 25.0 Å². The van der Waals surface area contributed by atoms with Gasteiger partial charge in [-0.25, -0.2) is 0 Å². The second kappa shape index (κ2) is 14.6. The first kappa shape index (κ1) is 30.0. The van der Waals surface area contributed by atoms with Crippen LogP contribution in [0.5, 0.6) is 0 Å². The Balaban J connectivity index is 1.79. The van der Waals surface area contributed by atoms with Crippen molar-refractivity contribution in [3.8, 4) is 0 Å². The normalized spacial score (nSPS) is 15.8. The maximum absolute atomic E-state index is 13.6. The Labute approximate surface area is 239 Å². The fourth-order valence-electron chi connectivity index (χ4n) is 4.46. The summed E-state index contributed by atoms with van der Waals surface area (Å²) in [5, 5.41) is 9.05. The van der Waals surface area contributed by atoms with Crippen molar-refractivity contribution in [2.75, 3.05) is 45.9 Å². The fourth-order valence-corrected chi connectivity index (χ4v) is 4.82. The molecular weight excluding hydrogens is 595 g/mol. The molecule has 1 saturated heterocycles. The van der Waals surface area contributed by atoms with Crippen LogP contribution in [0.1, 0.15) is 49.0 Å². The van der Waals surface area contributed by atoms with E-state index in [-0.39, 0.29) is 24.3 Å². The average molecular weight is 635 g/mol. The van der Waals surface area contributed by atoms with Crippen LogP contribution in [0, 0.1) is 9.49 Å². The first-order chi connectivity index (χ1) is 18.1. The van der Waals surface area contributed by atoms with Crippen molar-refractivity contribution in [3.63, 3.8) is 0 Å². The lowest BCUT2D eigenvalue weighted by Crippen LogP contribution is -2.48. The van der Waals surface area contributed by atoms with Crippen molar-refractivity contribution in [3.05, 3.63) is 69.3 Å². The summed E-state index contributed by atoms with van der Waals surface area (Å²) in [6.07, 6.45) is 0.316. The lowest BCUT2D eigenvalue weighted by Gasteiger charge is -2.31. The zero-order chi connectivity index (χ0) is 27.5. The first-order valence-corrected chi connectivity index (χ1v) is 14.2. The highest BCUT2D eigenvalue weighted by atomic mass is 127. The van der Waals surface area contributed by atoms with Gasteiger partial charge in [0.1, 0.15) is 0 Å². The molecule has 0 aliphatic carbocycles. The SMILES string of the molecule is CC(C)(C)NC(=O)C(c1ccc(I)cc1)C(CCNC(=O)c1ccccc1)C(=O)NCCN1CCOCC1. The molecule has 1 aliphatic rings. The molecule has 2 aromatic carbocycles. The number of halogens is 1. The Kier molecular flexibility index (Phi) is 11.5. The maximum Gasteiger partial charge on any atom is 0.251 e. The summed E-state index contributed by atoms with van der Waals surface area (Å²) in [5.41, 5.74) is 0.866. The lowest BCUT2D eigenvalue weighted by atomic mass is 9.81. The van der Waals surface area contributed by atoms with Crippen molar-refractivity contribution in [1.29, 1.82) is 0 Å². The third-order valence-electron chi connectivity index (χ3n) is 6.36. The fraction of sp³-hybridized carbons (Fsp3) is 0.483. The summed E-state index contributed by atoms with van der Waals surface area (Å²) in [6, 6.07) is 16.7. The second-order valence-electron chi connectivity index (χ2n) is 10.5. The monoisotopic (exact) mass is 634 g/mol. The zero-order valence-electron chi connectivity index (χ0n) is 22.5. The predicted molar refractivity (Wildman–Crippen MR) is 157 cm³/mol. The summed E-state index contributed by atoms with van der Waals surface area (Å²) in [4.78, 5) is 42.1. The van der Waals surface area contributed by atoms with E-state index in [0.29, 0.717) is 31.7 Å². The minimum atomic E-state index is -0.705. The minimum Gasteiger partial charge on any atom is -0.379 e. The number of hydrogen-bond acceptors (Lipinski definition) is 5. The van der Waals surface area contributed by atoms with Crippen LogP contribution in [0.4, 0.5) is 0 Å². The third-order valence-corrected chi connectivity index (χ3v) is 7.08. The molecule has 3 N–H and O–H groups in total. The Morgan fingerprint density at radius 3 is 2.21 bits per heavy atom. The molecule has 2 atom stereocenters. The second-order valence-corrected chi connectivity index (χ2v) is 11.8. The van der Waals surface area contributed by atoms with Crippen molar-refractivity contribution in [2.24, 2.45) is 5.92 Å². The van der Waals surface area contributed by atoms with Crippen LogP contribution in [0.2, 0.25) is 0 Å². The van der Waals surface area contributed by atoms with E-state index in [9.17, 15) is 14.4 Å². The number of benzene rings is 2. The molecule has 0 radical (unpaired) electrons. The Morgan fingerprint density at radius 1 is 0.921 bits per heavy atom. The molecule has 3 amide bonds. The van der Waals surface area contributed by atoms with Gasteiger partial charge >= 0.3 is 0 Å². The highest BCUT2D eigenvalue weighted by Crippen LogP contribution is 2.29. The molecular formula is C29H39IN4O4. The first-order valence-electron chi connectivity index (χ1n) is 13.1. The van der Waals surface area contributed by atoms with E-state index in [4.69, 9.17) is 4.74 Å². The highest BCUT2D eigenvalue weighted by Gasteiger charge is 2.36. The summed E-state index contributed by atoms with van der Waals surface area (Å²) < 4.78 is 6.45.